The van der Waals surface area contributed by atoms with Crippen molar-refractivity contribution >= 4 is 16.9 Å². The predicted octanol–water partition coefficient (Wildman–Crippen LogP) is 3.32. The number of nitrogens with zero attached hydrogens (tertiary/aromatic N) is 4. The fraction of sp³-hybridized carbons (Fsp3) is 0.632. The van der Waals surface area contributed by atoms with E-state index < -0.39 is 0 Å². The van der Waals surface area contributed by atoms with E-state index in [1.54, 1.807) is 10.9 Å². The van der Waals surface area contributed by atoms with Crippen molar-refractivity contribution in [3.05, 3.63) is 23.5 Å². The number of fused-ring (bicyclic) bond motifs is 2. The standard InChI is InChI=1S/C19H26N4O/c1-12-8-9-23(17-7-5-4-6-15(12)17)19(24)14-10-16-13(2)21-22(3)18(16)20-11-14/h10-12,15,17H,4-9H2,1-3H3/t12-,15+,17-/m0/s1. The zero-order valence-electron chi connectivity index (χ0n) is 14.8. The number of aromatic nitrogens is 3. The summed E-state index contributed by atoms with van der Waals surface area (Å²) in [6, 6.07) is 2.39. The highest BCUT2D eigenvalue weighted by molar-refractivity contribution is 5.97. The van der Waals surface area contributed by atoms with Crippen LogP contribution in [0.4, 0.5) is 0 Å². The molecular weight excluding hydrogens is 300 g/mol. The molecular formula is C19H26N4O. The van der Waals surface area contributed by atoms with Gasteiger partial charge in [-0.15, -0.1) is 0 Å². The Labute approximate surface area is 143 Å². The third-order valence-corrected chi connectivity index (χ3v) is 6.11. The van der Waals surface area contributed by atoms with Crippen LogP contribution < -0.4 is 0 Å². The Balaban J connectivity index is 1.66. The minimum Gasteiger partial charge on any atom is -0.335 e. The minimum absolute atomic E-state index is 0.149. The Hall–Kier alpha value is -1.91. The second-order valence-corrected chi connectivity index (χ2v) is 7.58. The van der Waals surface area contributed by atoms with Gasteiger partial charge in [0.15, 0.2) is 5.65 Å². The molecule has 128 valence electrons. The Morgan fingerprint density at radius 3 is 2.88 bits per heavy atom. The first-order chi connectivity index (χ1) is 11.6. The highest BCUT2D eigenvalue weighted by Gasteiger charge is 2.39. The van der Waals surface area contributed by atoms with Gasteiger partial charge in [-0.25, -0.2) is 4.98 Å². The highest BCUT2D eigenvalue weighted by Crippen LogP contribution is 2.39. The molecule has 0 aromatic carbocycles. The second-order valence-electron chi connectivity index (χ2n) is 7.58. The van der Waals surface area contributed by atoms with Crippen molar-refractivity contribution in [3.8, 4) is 0 Å². The number of pyridine rings is 1. The number of likely N-dealkylation sites (tertiary alicyclic amines) is 1. The van der Waals surface area contributed by atoms with Crippen LogP contribution in [0.2, 0.25) is 0 Å². The maximum Gasteiger partial charge on any atom is 0.255 e. The summed E-state index contributed by atoms with van der Waals surface area (Å²) in [7, 11) is 1.89. The van der Waals surface area contributed by atoms with E-state index in [0.717, 1.165) is 42.0 Å². The van der Waals surface area contributed by atoms with Gasteiger partial charge >= 0.3 is 0 Å². The van der Waals surface area contributed by atoms with Crippen molar-refractivity contribution in [1.29, 1.82) is 0 Å². The molecule has 1 saturated heterocycles. The first-order valence-electron chi connectivity index (χ1n) is 9.16. The number of piperidine rings is 1. The Bertz CT molecular complexity index is 781. The topological polar surface area (TPSA) is 51.0 Å². The van der Waals surface area contributed by atoms with Gasteiger partial charge in [0.2, 0.25) is 0 Å². The molecule has 2 fully saturated rings. The van der Waals surface area contributed by atoms with Gasteiger partial charge in [0.25, 0.3) is 5.91 Å². The highest BCUT2D eigenvalue weighted by atomic mass is 16.2. The third-order valence-electron chi connectivity index (χ3n) is 6.11. The maximum atomic E-state index is 13.2. The molecule has 5 heteroatoms. The molecule has 0 radical (unpaired) electrons. The molecule has 2 aromatic rings. The van der Waals surface area contributed by atoms with E-state index in [2.05, 4.69) is 21.9 Å². The summed E-state index contributed by atoms with van der Waals surface area (Å²) in [5.74, 6) is 1.56. The lowest BCUT2D eigenvalue weighted by atomic mass is 9.72. The van der Waals surface area contributed by atoms with Crippen molar-refractivity contribution in [1.82, 2.24) is 19.7 Å². The number of amides is 1. The molecule has 0 bridgehead atoms. The Morgan fingerprint density at radius 2 is 2.04 bits per heavy atom. The summed E-state index contributed by atoms with van der Waals surface area (Å²) in [6.45, 7) is 5.21. The summed E-state index contributed by atoms with van der Waals surface area (Å²) in [5.41, 5.74) is 2.47. The first-order valence-corrected chi connectivity index (χ1v) is 9.16. The fourth-order valence-electron chi connectivity index (χ4n) is 4.76. The molecule has 2 aromatic heterocycles. The molecule has 0 unspecified atom stereocenters. The molecule has 1 aliphatic heterocycles. The van der Waals surface area contributed by atoms with Gasteiger partial charge in [-0.05, 0) is 44.1 Å². The number of carbonyl (C=O) groups is 1. The normalized spacial score (nSPS) is 27.3. The van der Waals surface area contributed by atoms with Crippen LogP contribution in [0.5, 0.6) is 0 Å². The van der Waals surface area contributed by atoms with E-state index >= 15 is 0 Å². The van der Waals surface area contributed by atoms with Crippen LogP contribution in [-0.4, -0.2) is 38.2 Å². The second kappa shape index (κ2) is 5.87. The van der Waals surface area contributed by atoms with Gasteiger partial charge < -0.3 is 4.90 Å². The molecule has 0 N–H and O–H groups in total. The molecule has 1 amide bonds. The molecule has 5 nitrogen and oxygen atoms in total. The van der Waals surface area contributed by atoms with Gasteiger partial charge in [-0.2, -0.15) is 5.10 Å². The monoisotopic (exact) mass is 326 g/mol. The van der Waals surface area contributed by atoms with E-state index in [4.69, 9.17) is 0 Å². The van der Waals surface area contributed by atoms with Gasteiger partial charge in [-0.1, -0.05) is 19.8 Å². The summed E-state index contributed by atoms with van der Waals surface area (Å²) in [5, 5.41) is 5.39. The maximum absolute atomic E-state index is 13.2. The van der Waals surface area contributed by atoms with Crippen LogP contribution in [0.1, 0.15) is 55.1 Å². The zero-order chi connectivity index (χ0) is 16.8. The summed E-state index contributed by atoms with van der Waals surface area (Å²) in [6.07, 6.45) is 7.83. The van der Waals surface area contributed by atoms with E-state index in [0.29, 0.717) is 17.5 Å². The summed E-state index contributed by atoms with van der Waals surface area (Å²) >= 11 is 0. The average molecular weight is 326 g/mol. The summed E-state index contributed by atoms with van der Waals surface area (Å²) < 4.78 is 1.78. The van der Waals surface area contributed by atoms with Crippen LogP contribution >= 0.6 is 0 Å². The Kier molecular flexibility index (Phi) is 3.82. The molecule has 4 rings (SSSR count). The van der Waals surface area contributed by atoms with Crippen LogP contribution in [-0.2, 0) is 7.05 Å². The van der Waals surface area contributed by atoms with Gasteiger partial charge in [0, 0.05) is 31.2 Å². The number of hydrogen-bond donors (Lipinski definition) is 0. The van der Waals surface area contributed by atoms with Crippen LogP contribution in [0.25, 0.3) is 11.0 Å². The zero-order valence-corrected chi connectivity index (χ0v) is 14.8. The third kappa shape index (κ3) is 2.41. The van der Waals surface area contributed by atoms with Gasteiger partial charge in [0.05, 0.1) is 11.3 Å². The van der Waals surface area contributed by atoms with Crippen molar-refractivity contribution in [3.63, 3.8) is 0 Å². The quantitative estimate of drug-likeness (QED) is 0.808. The lowest BCUT2D eigenvalue weighted by Gasteiger charge is -2.47. The molecule has 1 saturated carbocycles. The van der Waals surface area contributed by atoms with Crippen molar-refractivity contribution in [2.45, 2.75) is 52.0 Å². The number of hydrogen-bond acceptors (Lipinski definition) is 3. The van der Waals surface area contributed by atoms with E-state index in [9.17, 15) is 4.79 Å². The number of aryl methyl sites for hydroxylation is 2. The van der Waals surface area contributed by atoms with Gasteiger partial charge in [0.1, 0.15) is 0 Å². The lowest BCUT2D eigenvalue weighted by Crippen LogP contribution is -2.52. The van der Waals surface area contributed by atoms with E-state index in [1.807, 2.05) is 20.0 Å². The van der Waals surface area contributed by atoms with Crippen LogP contribution in [0.3, 0.4) is 0 Å². The molecule has 0 spiro atoms. The first kappa shape index (κ1) is 15.6. The molecule has 1 aliphatic carbocycles. The molecule has 3 atom stereocenters. The average Bonchev–Trinajstić information content (AvgIpc) is 2.89. The smallest absolute Gasteiger partial charge is 0.255 e. The number of carbonyl (C=O) groups excluding carboxylic acids is 1. The predicted molar refractivity (Wildman–Crippen MR) is 93.8 cm³/mol. The van der Waals surface area contributed by atoms with E-state index in [-0.39, 0.29) is 5.91 Å². The van der Waals surface area contributed by atoms with Crippen molar-refractivity contribution in [2.75, 3.05) is 6.54 Å². The number of rotatable bonds is 1. The SMILES string of the molecule is Cc1nn(C)c2ncc(C(=O)N3CC[C@H](C)[C@H]4CCCC[C@@H]43)cc12. The summed E-state index contributed by atoms with van der Waals surface area (Å²) in [4.78, 5) is 19.8. The van der Waals surface area contributed by atoms with Crippen molar-refractivity contribution in [2.24, 2.45) is 18.9 Å². The van der Waals surface area contributed by atoms with Gasteiger partial charge in [-0.3, -0.25) is 9.48 Å². The largest absolute Gasteiger partial charge is 0.335 e. The van der Waals surface area contributed by atoms with Crippen LogP contribution in [0, 0.1) is 18.8 Å². The molecule has 2 aliphatic rings. The molecule has 24 heavy (non-hydrogen) atoms. The van der Waals surface area contributed by atoms with Crippen LogP contribution in [0.15, 0.2) is 12.3 Å². The fourth-order valence-corrected chi connectivity index (χ4v) is 4.76. The Morgan fingerprint density at radius 1 is 1.25 bits per heavy atom. The lowest BCUT2D eigenvalue weighted by molar-refractivity contribution is 0.0217. The molecule has 3 heterocycles. The van der Waals surface area contributed by atoms with Crippen molar-refractivity contribution < 1.29 is 4.79 Å². The van der Waals surface area contributed by atoms with E-state index in [1.165, 1.54) is 19.3 Å². The minimum atomic E-state index is 0.149.